The summed E-state index contributed by atoms with van der Waals surface area (Å²) >= 11 is 0. The second kappa shape index (κ2) is 12.6. The van der Waals surface area contributed by atoms with Crippen LogP contribution in [0.25, 0.3) is 0 Å². The predicted octanol–water partition coefficient (Wildman–Crippen LogP) is 7.02. The Morgan fingerprint density at radius 1 is 0.870 bits per heavy atom. The molecule has 0 bridgehead atoms. The third-order valence-corrected chi connectivity index (χ3v) is 4.86. The second-order valence-corrected chi connectivity index (χ2v) is 7.31. The van der Waals surface area contributed by atoms with Gasteiger partial charge in [0.15, 0.2) is 0 Å². The second-order valence-electron chi connectivity index (χ2n) is 7.31. The van der Waals surface area contributed by atoms with Crippen molar-refractivity contribution in [3.05, 3.63) is 17.7 Å². The Morgan fingerprint density at radius 2 is 1.43 bits per heavy atom. The van der Waals surface area contributed by atoms with Crippen LogP contribution in [0.1, 0.15) is 115 Å². The number of aromatic nitrogens is 2. The van der Waals surface area contributed by atoms with Crippen molar-refractivity contribution in [2.45, 2.75) is 117 Å². The number of unbranched alkanes of at least 4 members (excludes halogenated alkanes) is 9. The summed E-state index contributed by atoms with van der Waals surface area (Å²) in [6.45, 7) is 10.2. The zero-order valence-corrected chi connectivity index (χ0v) is 16.2. The first kappa shape index (κ1) is 20.3. The molecule has 0 fully saturated rings. The fourth-order valence-electron chi connectivity index (χ4n) is 3.38. The van der Waals surface area contributed by atoms with Gasteiger partial charge in [-0.05, 0) is 19.8 Å². The molecule has 23 heavy (non-hydrogen) atoms. The molecule has 0 saturated carbocycles. The molecule has 2 nitrogen and oxygen atoms in total. The lowest BCUT2D eigenvalue weighted by molar-refractivity contribution is 0.505. The Bertz CT molecular complexity index is 395. The molecule has 1 aromatic rings. The molecule has 134 valence electrons. The van der Waals surface area contributed by atoms with E-state index in [2.05, 4.69) is 38.5 Å². The monoisotopic (exact) mass is 320 g/mol. The van der Waals surface area contributed by atoms with Crippen LogP contribution in [0, 0.1) is 6.92 Å². The van der Waals surface area contributed by atoms with Gasteiger partial charge in [-0.2, -0.15) is 0 Å². The van der Waals surface area contributed by atoms with Crippen LogP contribution in [0.4, 0.5) is 0 Å². The largest absolute Gasteiger partial charge is 0.334 e. The fraction of sp³-hybridized carbons (Fsp3) is 0.857. The van der Waals surface area contributed by atoms with E-state index in [-0.39, 0.29) is 0 Å². The molecule has 0 aliphatic heterocycles. The third-order valence-electron chi connectivity index (χ3n) is 4.86. The maximum atomic E-state index is 4.82. The number of aryl methyl sites for hydroxylation is 2. The van der Waals surface area contributed by atoms with E-state index >= 15 is 0 Å². The summed E-state index contributed by atoms with van der Waals surface area (Å²) in [4.78, 5) is 4.82. The van der Waals surface area contributed by atoms with Crippen molar-refractivity contribution < 1.29 is 0 Å². The first-order chi connectivity index (χ1) is 11.2. The highest BCUT2D eigenvalue weighted by Gasteiger charge is 2.13. The third kappa shape index (κ3) is 8.58. The Hall–Kier alpha value is -0.790. The minimum absolute atomic E-state index is 0.602. The highest BCUT2D eigenvalue weighted by molar-refractivity contribution is 5.06. The number of rotatable bonds is 14. The van der Waals surface area contributed by atoms with Crippen LogP contribution in [0.3, 0.4) is 0 Å². The predicted molar refractivity (Wildman–Crippen MR) is 102 cm³/mol. The molecule has 0 aliphatic rings. The fourth-order valence-corrected chi connectivity index (χ4v) is 3.38. The minimum Gasteiger partial charge on any atom is -0.334 e. The molecule has 0 aromatic carbocycles. The molecule has 0 amide bonds. The van der Waals surface area contributed by atoms with E-state index in [1.165, 1.54) is 88.6 Å². The summed E-state index contributed by atoms with van der Waals surface area (Å²) in [5.74, 6) is 1.93. The Labute approximate surface area is 145 Å². The van der Waals surface area contributed by atoms with Crippen molar-refractivity contribution >= 4 is 0 Å². The van der Waals surface area contributed by atoms with E-state index in [4.69, 9.17) is 4.98 Å². The van der Waals surface area contributed by atoms with E-state index in [9.17, 15) is 0 Å². The van der Waals surface area contributed by atoms with E-state index in [1.54, 1.807) is 0 Å². The zero-order chi connectivity index (χ0) is 16.9. The Morgan fingerprint density at radius 3 is 2.09 bits per heavy atom. The summed E-state index contributed by atoms with van der Waals surface area (Å²) in [7, 11) is 0. The molecule has 2 heteroatoms. The van der Waals surface area contributed by atoms with Gasteiger partial charge >= 0.3 is 0 Å². The SMILES string of the molecule is CCCCCCCCC(C)c1nc(C)cn1CCCCCCC. The van der Waals surface area contributed by atoms with Gasteiger partial charge in [0.05, 0.1) is 5.69 Å². The summed E-state index contributed by atoms with van der Waals surface area (Å²) in [5.41, 5.74) is 1.18. The summed E-state index contributed by atoms with van der Waals surface area (Å²) in [5, 5.41) is 0. The van der Waals surface area contributed by atoms with Crippen molar-refractivity contribution in [1.29, 1.82) is 0 Å². The maximum Gasteiger partial charge on any atom is 0.111 e. The minimum atomic E-state index is 0.602. The molecule has 0 aliphatic carbocycles. The zero-order valence-electron chi connectivity index (χ0n) is 16.2. The standard InChI is InChI=1S/C21H40N2/c1-5-7-9-11-12-14-16-19(3)21-22-20(4)18-23(21)17-15-13-10-8-6-2/h18-19H,5-17H2,1-4H3. The Balaban J connectivity index is 2.33. The average molecular weight is 321 g/mol. The molecule has 0 spiro atoms. The number of nitrogens with zero attached hydrogens (tertiary/aromatic N) is 2. The molecule has 0 radical (unpaired) electrons. The van der Waals surface area contributed by atoms with Gasteiger partial charge in [0.2, 0.25) is 0 Å². The molecule has 1 atom stereocenters. The van der Waals surface area contributed by atoms with E-state index in [1.807, 2.05) is 0 Å². The molecule has 1 unspecified atom stereocenters. The van der Waals surface area contributed by atoms with Gasteiger partial charge in [0, 0.05) is 18.7 Å². The van der Waals surface area contributed by atoms with Crippen molar-refractivity contribution in [1.82, 2.24) is 9.55 Å². The molecule has 0 saturated heterocycles. The number of imidazole rings is 1. The molecule has 0 N–H and O–H groups in total. The van der Waals surface area contributed by atoms with Crippen LogP contribution in [-0.4, -0.2) is 9.55 Å². The highest BCUT2D eigenvalue weighted by Crippen LogP contribution is 2.22. The van der Waals surface area contributed by atoms with Gasteiger partial charge in [-0.1, -0.05) is 85.0 Å². The lowest BCUT2D eigenvalue weighted by atomic mass is 10.0. The van der Waals surface area contributed by atoms with Crippen molar-refractivity contribution in [2.24, 2.45) is 0 Å². The van der Waals surface area contributed by atoms with Gasteiger partial charge in [0.1, 0.15) is 5.82 Å². The molecule has 1 rings (SSSR count). The summed E-state index contributed by atoms with van der Waals surface area (Å²) in [6.07, 6.45) is 18.6. The molecule has 1 heterocycles. The number of hydrogen-bond acceptors (Lipinski definition) is 1. The van der Waals surface area contributed by atoms with Crippen LogP contribution in [0.5, 0.6) is 0 Å². The quantitative estimate of drug-likeness (QED) is 0.337. The molecular weight excluding hydrogens is 280 g/mol. The highest BCUT2D eigenvalue weighted by atomic mass is 15.1. The van der Waals surface area contributed by atoms with E-state index in [0.717, 1.165) is 6.54 Å². The molecule has 1 aromatic heterocycles. The van der Waals surface area contributed by atoms with Crippen LogP contribution in [0.15, 0.2) is 6.20 Å². The van der Waals surface area contributed by atoms with E-state index in [0.29, 0.717) is 5.92 Å². The van der Waals surface area contributed by atoms with Gasteiger partial charge in [-0.25, -0.2) is 4.98 Å². The van der Waals surface area contributed by atoms with Crippen LogP contribution < -0.4 is 0 Å². The summed E-state index contributed by atoms with van der Waals surface area (Å²) < 4.78 is 2.43. The first-order valence-electron chi connectivity index (χ1n) is 10.2. The normalized spacial score (nSPS) is 12.7. The topological polar surface area (TPSA) is 17.8 Å². The Kier molecular flexibility index (Phi) is 11.1. The molecular formula is C21H40N2. The van der Waals surface area contributed by atoms with E-state index < -0.39 is 0 Å². The van der Waals surface area contributed by atoms with Crippen LogP contribution in [-0.2, 0) is 6.54 Å². The lowest BCUT2D eigenvalue weighted by Gasteiger charge is -2.14. The first-order valence-corrected chi connectivity index (χ1v) is 10.2. The average Bonchev–Trinajstić information content (AvgIpc) is 2.91. The maximum absolute atomic E-state index is 4.82. The van der Waals surface area contributed by atoms with Gasteiger partial charge < -0.3 is 4.57 Å². The summed E-state index contributed by atoms with van der Waals surface area (Å²) in [6, 6.07) is 0. The van der Waals surface area contributed by atoms with Crippen LogP contribution in [0.2, 0.25) is 0 Å². The van der Waals surface area contributed by atoms with Crippen molar-refractivity contribution in [3.8, 4) is 0 Å². The smallest absolute Gasteiger partial charge is 0.111 e. The number of hydrogen-bond donors (Lipinski definition) is 0. The van der Waals surface area contributed by atoms with Gasteiger partial charge in [0.25, 0.3) is 0 Å². The van der Waals surface area contributed by atoms with Gasteiger partial charge in [-0.3, -0.25) is 0 Å². The van der Waals surface area contributed by atoms with Crippen LogP contribution >= 0.6 is 0 Å². The van der Waals surface area contributed by atoms with Crippen molar-refractivity contribution in [3.63, 3.8) is 0 Å². The lowest BCUT2D eigenvalue weighted by Crippen LogP contribution is -2.07. The van der Waals surface area contributed by atoms with Crippen molar-refractivity contribution in [2.75, 3.05) is 0 Å². The van der Waals surface area contributed by atoms with Gasteiger partial charge in [-0.15, -0.1) is 0 Å².